The van der Waals surface area contributed by atoms with Gasteiger partial charge in [-0.05, 0) is 30.5 Å². The van der Waals surface area contributed by atoms with Crippen LogP contribution in [0.15, 0.2) is 18.2 Å². The first-order valence-corrected chi connectivity index (χ1v) is 5.94. The zero-order chi connectivity index (χ0) is 14.3. The lowest BCUT2D eigenvalue weighted by molar-refractivity contribution is -0.140. The lowest BCUT2D eigenvalue weighted by atomic mass is 9.77. The molecule has 1 fully saturated rings. The Bertz CT molecular complexity index is 504. The summed E-state index contributed by atoms with van der Waals surface area (Å²) >= 11 is 0. The largest absolute Gasteiger partial charge is 0.419 e. The number of rotatable bonds is 2. The van der Waals surface area contributed by atoms with E-state index in [1.807, 2.05) is 0 Å². The van der Waals surface area contributed by atoms with Crippen molar-refractivity contribution in [1.29, 1.82) is 0 Å². The summed E-state index contributed by atoms with van der Waals surface area (Å²) in [7, 11) is 0. The maximum absolute atomic E-state index is 13.2. The molecule has 0 heterocycles. The van der Waals surface area contributed by atoms with Gasteiger partial charge in [0.1, 0.15) is 5.82 Å². The minimum atomic E-state index is -4.78. The van der Waals surface area contributed by atoms with Gasteiger partial charge >= 0.3 is 6.18 Å². The Morgan fingerprint density at radius 3 is 2.26 bits per heavy atom. The number of benzene rings is 1. The van der Waals surface area contributed by atoms with Crippen LogP contribution >= 0.6 is 0 Å². The quantitative estimate of drug-likeness (QED) is 0.828. The lowest BCUT2D eigenvalue weighted by Gasteiger charge is -2.26. The van der Waals surface area contributed by atoms with Gasteiger partial charge in [-0.15, -0.1) is 0 Å². The van der Waals surface area contributed by atoms with Crippen LogP contribution < -0.4 is 5.73 Å². The Morgan fingerprint density at radius 1 is 1.21 bits per heavy atom. The molecule has 1 aromatic rings. The molecular formula is C13H13F4NO. The zero-order valence-corrected chi connectivity index (χ0v) is 10.1. The van der Waals surface area contributed by atoms with E-state index in [0.29, 0.717) is 18.9 Å². The standard InChI is InChI=1S/C13H13F4NO/c14-10-4-3-8(7-9(10)13(15,16)17)12(11(18)19)5-1-2-6-12/h3-4,7H,1-2,5-6H2,(H2,18,19). The highest BCUT2D eigenvalue weighted by molar-refractivity contribution is 5.87. The summed E-state index contributed by atoms with van der Waals surface area (Å²) in [4.78, 5) is 11.6. The van der Waals surface area contributed by atoms with Crippen molar-refractivity contribution in [3.63, 3.8) is 0 Å². The van der Waals surface area contributed by atoms with E-state index in [1.165, 1.54) is 6.07 Å². The molecule has 19 heavy (non-hydrogen) atoms. The van der Waals surface area contributed by atoms with Crippen molar-refractivity contribution in [2.75, 3.05) is 0 Å². The van der Waals surface area contributed by atoms with Gasteiger partial charge in [0.05, 0.1) is 11.0 Å². The van der Waals surface area contributed by atoms with Crippen LogP contribution in [0.4, 0.5) is 17.6 Å². The molecule has 0 aliphatic heterocycles. The number of hydrogen-bond donors (Lipinski definition) is 1. The molecule has 0 unspecified atom stereocenters. The molecule has 1 aliphatic rings. The fourth-order valence-corrected chi connectivity index (χ4v) is 2.70. The van der Waals surface area contributed by atoms with Gasteiger partial charge in [-0.25, -0.2) is 4.39 Å². The van der Waals surface area contributed by atoms with Gasteiger partial charge in [-0.3, -0.25) is 4.79 Å². The summed E-state index contributed by atoms with van der Waals surface area (Å²) in [6, 6.07) is 2.69. The number of primary amides is 1. The summed E-state index contributed by atoms with van der Waals surface area (Å²) in [5.74, 6) is -1.99. The summed E-state index contributed by atoms with van der Waals surface area (Å²) in [5, 5.41) is 0. The highest BCUT2D eigenvalue weighted by Gasteiger charge is 2.43. The smallest absolute Gasteiger partial charge is 0.369 e. The van der Waals surface area contributed by atoms with Gasteiger partial charge in [0.15, 0.2) is 0 Å². The Kier molecular flexibility index (Phi) is 3.28. The first kappa shape index (κ1) is 13.8. The van der Waals surface area contributed by atoms with Gasteiger partial charge in [0, 0.05) is 0 Å². The van der Waals surface area contributed by atoms with Crippen LogP contribution in [0.3, 0.4) is 0 Å². The van der Waals surface area contributed by atoms with E-state index >= 15 is 0 Å². The first-order chi connectivity index (χ1) is 8.77. The van der Waals surface area contributed by atoms with Crippen LogP contribution in [0.1, 0.15) is 36.8 Å². The van der Waals surface area contributed by atoms with Gasteiger partial charge in [-0.1, -0.05) is 18.9 Å². The number of carbonyl (C=O) groups excluding carboxylic acids is 1. The van der Waals surface area contributed by atoms with E-state index in [-0.39, 0.29) is 5.56 Å². The van der Waals surface area contributed by atoms with E-state index in [4.69, 9.17) is 5.73 Å². The molecule has 1 aromatic carbocycles. The van der Waals surface area contributed by atoms with E-state index in [0.717, 1.165) is 18.9 Å². The molecular weight excluding hydrogens is 262 g/mol. The van der Waals surface area contributed by atoms with E-state index < -0.39 is 28.9 Å². The van der Waals surface area contributed by atoms with Crippen LogP contribution in [-0.4, -0.2) is 5.91 Å². The zero-order valence-electron chi connectivity index (χ0n) is 10.1. The molecule has 1 aliphatic carbocycles. The Hall–Kier alpha value is -1.59. The van der Waals surface area contributed by atoms with Gasteiger partial charge in [0.25, 0.3) is 0 Å². The van der Waals surface area contributed by atoms with Crippen LogP contribution in [0.5, 0.6) is 0 Å². The minimum absolute atomic E-state index is 0.159. The monoisotopic (exact) mass is 275 g/mol. The van der Waals surface area contributed by atoms with Crippen molar-refractivity contribution in [2.45, 2.75) is 37.3 Å². The summed E-state index contributed by atoms with van der Waals surface area (Å²) in [6.45, 7) is 0. The summed E-state index contributed by atoms with van der Waals surface area (Å²) in [5.41, 5.74) is 3.07. The Balaban J connectivity index is 2.54. The number of nitrogens with two attached hydrogens (primary N) is 1. The van der Waals surface area contributed by atoms with Crippen molar-refractivity contribution in [1.82, 2.24) is 0 Å². The number of carbonyl (C=O) groups is 1. The number of halogens is 4. The normalized spacial score (nSPS) is 18.5. The molecule has 1 amide bonds. The fraction of sp³-hybridized carbons (Fsp3) is 0.462. The van der Waals surface area contributed by atoms with E-state index in [1.54, 1.807) is 0 Å². The molecule has 2 nitrogen and oxygen atoms in total. The molecule has 2 N–H and O–H groups in total. The summed E-state index contributed by atoms with van der Waals surface area (Å²) in [6.07, 6.45) is -2.52. The molecule has 104 valence electrons. The molecule has 1 saturated carbocycles. The minimum Gasteiger partial charge on any atom is -0.369 e. The molecule has 0 atom stereocenters. The molecule has 0 aromatic heterocycles. The fourth-order valence-electron chi connectivity index (χ4n) is 2.70. The highest BCUT2D eigenvalue weighted by Crippen LogP contribution is 2.43. The average molecular weight is 275 g/mol. The van der Waals surface area contributed by atoms with Crippen molar-refractivity contribution in [3.8, 4) is 0 Å². The second-order valence-corrected chi connectivity index (χ2v) is 4.85. The van der Waals surface area contributed by atoms with Crippen molar-refractivity contribution < 1.29 is 22.4 Å². The molecule has 0 radical (unpaired) electrons. The molecule has 0 bridgehead atoms. The van der Waals surface area contributed by atoms with Gasteiger partial charge < -0.3 is 5.73 Å². The third-order valence-corrected chi connectivity index (χ3v) is 3.75. The number of amides is 1. The topological polar surface area (TPSA) is 43.1 Å². The van der Waals surface area contributed by atoms with Crippen molar-refractivity contribution in [2.24, 2.45) is 5.73 Å². The average Bonchev–Trinajstić information content (AvgIpc) is 2.78. The maximum atomic E-state index is 13.2. The van der Waals surface area contributed by atoms with Crippen molar-refractivity contribution in [3.05, 3.63) is 35.1 Å². The van der Waals surface area contributed by atoms with E-state index in [9.17, 15) is 22.4 Å². The maximum Gasteiger partial charge on any atom is 0.419 e. The third kappa shape index (κ3) is 2.31. The van der Waals surface area contributed by atoms with Crippen LogP contribution in [0, 0.1) is 5.82 Å². The van der Waals surface area contributed by atoms with Gasteiger partial charge in [0.2, 0.25) is 5.91 Å². The molecule has 0 spiro atoms. The Morgan fingerprint density at radius 2 is 1.79 bits per heavy atom. The molecule has 2 rings (SSSR count). The molecule has 0 saturated heterocycles. The SMILES string of the molecule is NC(=O)C1(c2ccc(F)c(C(F)(F)F)c2)CCCC1. The third-order valence-electron chi connectivity index (χ3n) is 3.75. The predicted octanol–water partition coefficient (Wildman–Crippen LogP) is 3.14. The highest BCUT2D eigenvalue weighted by atomic mass is 19.4. The van der Waals surface area contributed by atoms with Crippen LogP contribution in [0.25, 0.3) is 0 Å². The second kappa shape index (κ2) is 4.51. The van der Waals surface area contributed by atoms with E-state index in [2.05, 4.69) is 0 Å². The Labute approximate surface area is 107 Å². The van der Waals surface area contributed by atoms with Crippen LogP contribution in [-0.2, 0) is 16.4 Å². The first-order valence-electron chi connectivity index (χ1n) is 5.94. The van der Waals surface area contributed by atoms with Gasteiger partial charge in [-0.2, -0.15) is 13.2 Å². The molecule has 6 heteroatoms. The summed E-state index contributed by atoms with van der Waals surface area (Å²) < 4.78 is 51.3. The predicted molar refractivity (Wildman–Crippen MR) is 60.7 cm³/mol. The van der Waals surface area contributed by atoms with Crippen LogP contribution in [0.2, 0.25) is 0 Å². The number of hydrogen-bond acceptors (Lipinski definition) is 1. The second-order valence-electron chi connectivity index (χ2n) is 4.85. The van der Waals surface area contributed by atoms with Crippen molar-refractivity contribution >= 4 is 5.91 Å². The lowest BCUT2D eigenvalue weighted by Crippen LogP contribution is -2.39. The number of alkyl halides is 3.